The highest BCUT2D eigenvalue weighted by molar-refractivity contribution is 7.71. The molecular weight excluding hydrogens is 206 g/mol. The van der Waals surface area contributed by atoms with E-state index >= 15 is 0 Å². The number of aromatic amines is 2. The third-order valence-corrected chi connectivity index (χ3v) is 3.08. The maximum Gasteiger partial charge on any atom is 0.213 e. The standard InChI is InChI=1S/C11H11N3S/c15-11-12-10(13-14-11)9-6-8(9)7-4-2-1-3-5-7/h1-5,8-9H,6H2,(H2,12,13,14,15). The topological polar surface area (TPSA) is 44.5 Å². The number of hydrogen-bond acceptors (Lipinski definition) is 2. The molecule has 15 heavy (non-hydrogen) atoms. The predicted octanol–water partition coefficient (Wildman–Crippen LogP) is 2.74. The molecule has 2 aromatic rings. The second-order valence-corrected chi connectivity index (χ2v) is 4.30. The van der Waals surface area contributed by atoms with Gasteiger partial charge in [-0.1, -0.05) is 30.3 Å². The molecule has 0 spiro atoms. The maximum atomic E-state index is 4.94. The first-order valence-corrected chi connectivity index (χ1v) is 5.45. The van der Waals surface area contributed by atoms with E-state index in [1.807, 2.05) is 6.07 Å². The third-order valence-electron chi connectivity index (χ3n) is 2.89. The van der Waals surface area contributed by atoms with Crippen molar-refractivity contribution in [2.24, 2.45) is 0 Å². The Bertz CT molecular complexity index is 514. The number of aromatic nitrogens is 3. The van der Waals surface area contributed by atoms with Crippen molar-refractivity contribution in [3.63, 3.8) is 0 Å². The summed E-state index contributed by atoms with van der Waals surface area (Å²) in [5.74, 6) is 2.12. The average molecular weight is 217 g/mol. The van der Waals surface area contributed by atoms with Crippen LogP contribution in [0.4, 0.5) is 0 Å². The summed E-state index contributed by atoms with van der Waals surface area (Å²) in [5, 5.41) is 5.87. The van der Waals surface area contributed by atoms with E-state index in [2.05, 4.69) is 39.4 Å². The van der Waals surface area contributed by atoms with Crippen molar-refractivity contribution in [2.75, 3.05) is 0 Å². The van der Waals surface area contributed by atoms with E-state index in [0.29, 0.717) is 16.6 Å². The van der Waals surface area contributed by atoms with Crippen LogP contribution in [0, 0.1) is 4.77 Å². The summed E-state index contributed by atoms with van der Waals surface area (Å²) in [4.78, 5) is 4.25. The van der Waals surface area contributed by atoms with Gasteiger partial charge in [-0.25, -0.2) is 4.98 Å². The van der Waals surface area contributed by atoms with Gasteiger partial charge < -0.3 is 0 Å². The van der Waals surface area contributed by atoms with Gasteiger partial charge in [0.2, 0.25) is 4.77 Å². The number of rotatable bonds is 2. The van der Waals surface area contributed by atoms with E-state index in [1.54, 1.807) is 0 Å². The van der Waals surface area contributed by atoms with E-state index in [0.717, 1.165) is 5.82 Å². The Labute approximate surface area is 92.6 Å². The lowest BCUT2D eigenvalue weighted by Crippen LogP contribution is -1.86. The van der Waals surface area contributed by atoms with Crippen molar-refractivity contribution >= 4 is 12.2 Å². The van der Waals surface area contributed by atoms with E-state index in [-0.39, 0.29) is 0 Å². The molecule has 2 atom stereocenters. The molecule has 3 nitrogen and oxygen atoms in total. The molecule has 2 unspecified atom stereocenters. The summed E-state index contributed by atoms with van der Waals surface area (Å²) in [6.45, 7) is 0. The molecule has 76 valence electrons. The zero-order chi connectivity index (χ0) is 10.3. The SMILES string of the molecule is S=c1nc(C2CC2c2ccccc2)[nH][nH]1. The molecule has 1 aromatic heterocycles. The number of hydrogen-bond donors (Lipinski definition) is 2. The minimum absolute atomic E-state index is 0.514. The summed E-state index contributed by atoms with van der Waals surface area (Å²) in [6, 6.07) is 10.6. The van der Waals surface area contributed by atoms with Gasteiger partial charge in [-0.3, -0.25) is 10.2 Å². The van der Waals surface area contributed by atoms with Crippen molar-refractivity contribution in [3.8, 4) is 0 Å². The Kier molecular flexibility index (Phi) is 1.95. The molecule has 4 heteroatoms. The minimum Gasteiger partial charge on any atom is -0.285 e. The summed E-state index contributed by atoms with van der Waals surface area (Å²) in [7, 11) is 0. The Morgan fingerprint density at radius 2 is 1.93 bits per heavy atom. The highest BCUT2D eigenvalue weighted by atomic mass is 32.1. The van der Waals surface area contributed by atoms with Crippen LogP contribution in [0.25, 0.3) is 0 Å². The van der Waals surface area contributed by atoms with Crippen molar-refractivity contribution in [2.45, 2.75) is 18.3 Å². The van der Waals surface area contributed by atoms with Gasteiger partial charge in [-0.05, 0) is 30.1 Å². The summed E-state index contributed by atoms with van der Waals surface area (Å²) < 4.78 is 0.545. The Morgan fingerprint density at radius 3 is 2.60 bits per heavy atom. The third kappa shape index (κ3) is 1.61. The molecule has 1 heterocycles. The Balaban J connectivity index is 1.83. The van der Waals surface area contributed by atoms with Crippen LogP contribution in [-0.2, 0) is 0 Å². The van der Waals surface area contributed by atoms with Crippen molar-refractivity contribution in [3.05, 3.63) is 46.5 Å². The first kappa shape index (κ1) is 8.85. The fraction of sp³-hybridized carbons (Fsp3) is 0.273. The Morgan fingerprint density at radius 1 is 1.13 bits per heavy atom. The van der Waals surface area contributed by atoms with Gasteiger partial charge in [-0.2, -0.15) is 0 Å². The monoisotopic (exact) mass is 217 g/mol. The fourth-order valence-electron chi connectivity index (χ4n) is 2.02. The molecule has 3 rings (SSSR count). The number of nitrogens with zero attached hydrogens (tertiary/aromatic N) is 1. The number of nitrogens with one attached hydrogen (secondary N) is 2. The summed E-state index contributed by atoms with van der Waals surface area (Å²) >= 11 is 4.94. The Hall–Kier alpha value is -1.42. The smallest absolute Gasteiger partial charge is 0.213 e. The predicted molar refractivity (Wildman–Crippen MR) is 60.3 cm³/mol. The lowest BCUT2D eigenvalue weighted by atomic mass is 10.1. The molecule has 1 saturated carbocycles. The molecule has 0 bridgehead atoms. The van der Waals surface area contributed by atoms with Crippen LogP contribution in [0.2, 0.25) is 0 Å². The van der Waals surface area contributed by atoms with Crippen LogP contribution in [0.5, 0.6) is 0 Å². The molecule has 0 radical (unpaired) electrons. The van der Waals surface area contributed by atoms with Gasteiger partial charge in [0.05, 0.1) is 0 Å². The van der Waals surface area contributed by atoms with Gasteiger partial charge in [0.25, 0.3) is 0 Å². The zero-order valence-electron chi connectivity index (χ0n) is 8.10. The largest absolute Gasteiger partial charge is 0.285 e. The van der Waals surface area contributed by atoms with Gasteiger partial charge in [0, 0.05) is 5.92 Å². The maximum absolute atomic E-state index is 4.94. The van der Waals surface area contributed by atoms with Crippen molar-refractivity contribution < 1.29 is 0 Å². The molecule has 0 saturated heterocycles. The molecule has 0 aliphatic heterocycles. The van der Waals surface area contributed by atoms with Crippen LogP contribution < -0.4 is 0 Å². The second-order valence-electron chi connectivity index (χ2n) is 3.91. The van der Waals surface area contributed by atoms with Crippen LogP contribution in [0.3, 0.4) is 0 Å². The van der Waals surface area contributed by atoms with E-state index in [1.165, 1.54) is 12.0 Å². The quantitative estimate of drug-likeness (QED) is 0.760. The van der Waals surface area contributed by atoms with Crippen LogP contribution in [-0.4, -0.2) is 15.2 Å². The van der Waals surface area contributed by atoms with Gasteiger partial charge in [0.15, 0.2) is 0 Å². The minimum atomic E-state index is 0.514. The molecule has 1 fully saturated rings. The van der Waals surface area contributed by atoms with E-state index in [4.69, 9.17) is 12.2 Å². The average Bonchev–Trinajstić information content (AvgIpc) is 2.96. The summed E-state index contributed by atoms with van der Waals surface area (Å²) in [6.07, 6.45) is 1.17. The fourth-order valence-corrected chi connectivity index (χ4v) is 2.17. The number of H-pyrrole nitrogens is 2. The van der Waals surface area contributed by atoms with Crippen molar-refractivity contribution in [1.82, 2.24) is 15.2 Å². The van der Waals surface area contributed by atoms with Gasteiger partial charge >= 0.3 is 0 Å². The molecular formula is C11H11N3S. The van der Waals surface area contributed by atoms with Gasteiger partial charge in [-0.15, -0.1) is 0 Å². The highest BCUT2D eigenvalue weighted by Gasteiger charge is 2.41. The van der Waals surface area contributed by atoms with Crippen LogP contribution in [0.15, 0.2) is 30.3 Å². The van der Waals surface area contributed by atoms with E-state index < -0.39 is 0 Å². The lowest BCUT2D eigenvalue weighted by Gasteiger charge is -1.96. The van der Waals surface area contributed by atoms with Crippen LogP contribution >= 0.6 is 12.2 Å². The molecule has 1 aromatic carbocycles. The second kappa shape index (κ2) is 3.31. The molecule has 2 N–H and O–H groups in total. The lowest BCUT2D eigenvalue weighted by molar-refractivity contribution is 0.902. The first-order chi connectivity index (χ1) is 7.34. The molecule has 1 aliphatic rings. The number of benzene rings is 1. The van der Waals surface area contributed by atoms with Gasteiger partial charge in [0.1, 0.15) is 5.82 Å². The molecule has 0 amide bonds. The molecule has 1 aliphatic carbocycles. The van der Waals surface area contributed by atoms with E-state index in [9.17, 15) is 0 Å². The normalized spacial score (nSPS) is 24.0. The summed E-state index contributed by atoms with van der Waals surface area (Å²) in [5.41, 5.74) is 1.39. The van der Waals surface area contributed by atoms with Crippen molar-refractivity contribution in [1.29, 1.82) is 0 Å². The first-order valence-electron chi connectivity index (χ1n) is 5.04. The zero-order valence-corrected chi connectivity index (χ0v) is 8.92. The van der Waals surface area contributed by atoms with Crippen LogP contribution in [0.1, 0.15) is 29.6 Å². The highest BCUT2D eigenvalue weighted by Crippen LogP contribution is 2.53.